The Morgan fingerprint density at radius 3 is 2.73 bits per heavy atom. The number of aromatic nitrogens is 3. The van der Waals surface area contributed by atoms with Crippen molar-refractivity contribution in [3.05, 3.63) is 76.2 Å². The minimum atomic E-state index is -0.241. The first-order valence-corrected chi connectivity index (χ1v) is 10.6. The van der Waals surface area contributed by atoms with Crippen molar-refractivity contribution in [2.24, 2.45) is 0 Å². The van der Waals surface area contributed by atoms with Crippen LogP contribution in [0.4, 0.5) is 0 Å². The molecule has 1 aromatic carbocycles. The molecule has 30 heavy (non-hydrogen) atoms. The molecule has 3 heterocycles. The number of carbonyl (C=O) groups excluding carboxylic acids is 1. The van der Waals surface area contributed by atoms with Crippen molar-refractivity contribution in [2.75, 3.05) is 13.1 Å². The van der Waals surface area contributed by atoms with Gasteiger partial charge in [0.1, 0.15) is 5.69 Å². The monoisotopic (exact) mass is 423 g/mol. The number of piperidine rings is 1. The average molecular weight is 424 g/mol. The zero-order valence-electron chi connectivity index (χ0n) is 17.3. The molecule has 1 saturated heterocycles. The van der Waals surface area contributed by atoms with E-state index in [1.165, 1.54) is 5.56 Å². The molecule has 1 fully saturated rings. The van der Waals surface area contributed by atoms with Crippen LogP contribution in [0, 0.1) is 13.8 Å². The quantitative estimate of drug-likeness (QED) is 0.675. The number of hydrogen-bond donors (Lipinski definition) is 1. The molecular formula is C23H26ClN5O. The fraction of sp³-hybridized carbons (Fsp3) is 0.348. The average Bonchev–Trinajstić information content (AvgIpc) is 3.07. The smallest absolute Gasteiger partial charge is 0.271 e. The summed E-state index contributed by atoms with van der Waals surface area (Å²) in [6, 6.07) is 15.9. The molecule has 156 valence electrons. The summed E-state index contributed by atoms with van der Waals surface area (Å²) in [5.41, 5.74) is 3.38. The fourth-order valence-electron chi connectivity index (χ4n) is 3.98. The zero-order chi connectivity index (χ0) is 21.1. The molecule has 1 atom stereocenters. The topological polar surface area (TPSA) is 63.1 Å². The number of nitrogens with zero attached hydrogens (tertiary/aromatic N) is 4. The van der Waals surface area contributed by atoms with Crippen LogP contribution in [-0.4, -0.2) is 44.7 Å². The lowest BCUT2D eigenvalue weighted by Gasteiger charge is -2.33. The van der Waals surface area contributed by atoms with Crippen molar-refractivity contribution in [3.8, 4) is 5.82 Å². The van der Waals surface area contributed by atoms with Crippen LogP contribution in [0.5, 0.6) is 0 Å². The van der Waals surface area contributed by atoms with Gasteiger partial charge in [-0.1, -0.05) is 41.9 Å². The summed E-state index contributed by atoms with van der Waals surface area (Å²) in [6.07, 6.45) is 2.00. The minimum absolute atomic E-state index is 0.0742. The number of pyridine rings is 1. The molecule has 1 N–H and O–H groups in total. The third-order valence-corrected chi connectivity index (χ3v) is 5.67. The van der Waals surface area contributed by atoms with Gasteiger partial charge in [-0.25, -0.2) is 9.67 Å². The van der Waals surface area contributed by atoms with E-state index in [1.54, 1.807) is 16.8 Å². The van der Waals surface area contributed by atoms with E-state index in [2.05, 4.69) is 44.6 Å². The number of rotatable bonds is 5. The Bertz CT molecular complexity index is 1030. The Balaban J connectivity index is 1.45. The molecule has 1 amide bonds. The van der Waals surface area contributed by atoms with Crippen LogP contribution in [0.15, 0.2) is 48.5 Å². The second kappa shape index (κ2) is 8.98. The molecule has 0 spiro atoms. The minimum Gasteiger partial charge on any atom is -0.347 e. The van der Waals surface area contributed by atoms with Crippen molar-refractivity contribution in [3.63, 3.8) is 0 Å². The van der Waals surface area contributed by atoms with E-state index in [9.17, 15) is 4.79 Å². The molecule has 0 aliphatic carbocycles. The van der Waals surface area contributed by atoms with E-state index in [-0.39, 0.29) is 17.6 Å². The van der Waals surface area contributed by atoms with Crippen molar-refractivity contribution in [1.29, 1.82) is 0 Å². The zero-order valence-corrected chi connectivity index (χ0v) is 18.1. The standard InChI is InChI=1S/C23H26ClN5O/c1-16-13-17(2)29(27-16)21-11-10-20(24)22(26-21)23(30)25-19-9-6-12-28(15-19)14-18-7-4-3-5-8-18/h3-5,7-8,10-11,13,19H,6,9,12,14-15H2,1-2H3,(H,25,30). The van der Waals surface area contributed by atoms with Gasteiger partial charge in [0.05, 0.1) is 10.7 Å². The fourth-order valence-corrected chi connectivity index (χ4v) is 4.17. The van der Waals surface area contributed by atoms with Gasteiger partial charge in [0.15, 0.2) is 5.82 Å². The first-order valence-electron chi connectivity index (χ1n) is 10.3. The highest BCUT2D eigenvalue weighted by molar-refractivity contribution is 6.33. The molecule has 1 aliphatic rings. The predicted octanol–water partition coefficient (Wildman–Crippen LogP) is 3.93. The summed E-state index contributed by atoms with van der Waals surface area (Å²) in [7, 11) is 0. The van der Waals surface area contributed by atoms with Crippen molar-refractivity contribution in [2.45, 2.75) is 39.3 Å². The molecule has 6 nitrogen and oxygen atoms in total. The summed E-state index contributed by atoms with van der Waals surface area (Å²) in [4.78, 5) is 19.9. The number of halogens is 1. The van der Waals surface area contributed by atoms with Crippen LogP contribution in [0.1, 0.15) is 40.3 Å². The van der Waals surface area contributed by atoms with E-state index in [0.717, 1.165) is 43.9 Å². The molecular weight excluding hydrogens is 398 g/mol. The van der Waals surface area contributed by atoms with Crippen LogP contribution < -0.4 is 5.32 Å². The van der Waals surface area contributed by atoms with E-state index < -0.39 is 0 Å². The van der Waals surface area contributed by atoms with Gasteiger partial charge in [-0.15, -0.1) is 0 Å². The molecule has 0 bridgehead atoms. The maximum atomic E-state index is 13.0. The van der Waals surface area contributed by atoms with Gasteiger partial charge >= 0.3 is 0 Å². The lowest BCUT2D eigenvalue weighted by molar-refractivity contribution is 0.0896. The van der Waals surface area contributed by atoms with Crippen LogP contribution in [0.2, 0.25) is 5.02 Å². The van der Waals surface area contributed by atoms with E-state index in [1.807, 2.05) is 26.0 Å². The lowest BCUT2D eigenvalue weighted by atomic mass is 10.0. The molecule has 2 aromatic heterocycles. The molecule has 7 heteroatoms. The van der Waals surface area contributed by atoms with Gasteiger partial charge in [0.25, 0.3) is 5.91 Å². The highest BCUT2D eigenvalue weighted by atomic mass is 35.5. The summed E-state index contributed by atoms with van der Waals surface area (Å²) in [6.45, 7) is 6.62. The maximum absolute atomic E-state index is 13.0. The van der Waals surface area contributed by atoms with Crippen LogP contribution in [-0.2, 0) is 6.54 Å². The molecule has 1 aliphatic heterocycles. The molecule has 3 aromatic rings. The Morgan fingerprint density at radius 1 is 1.20 bits per heavy atom. The predicted molar refractivity (Wildman–Crippen MR) is 118 cm³/mol. The molecule has 0 radical (unpaired) electrons. The summed E-state index contributed by atoms with van der Waals surface area (Å²) < 4.78 is 1.73. The number of nitrogens with one attached hydrogen (secondary N) is 1. The number of likely N-dealkylation sites (tertiary alicyclic amines) is 1. The summed E-state index contributed by atoms with van der Waals surface area (Å²) in [5.74, 6) is 0.347. The second-order valence-electron chi connectivity index (χ2n) is 7.87. The molecule has 0 saturated carbocycles. The normalized spacial score (nSPS) is 17.1. The summed E-state index contributed by atoms with van der Waals surface area (Å²) in [5, 5.41) is 7.92. The number of carbonyl (C=O) groups is 1. The lowest BCUT2D eigenvalue weighted by Crippen LogP contribution is -2.47. The van der Waals surface area contributed by atoms with Crippen LogP contribution in [0.3, 0.4) is 0 Å². The molecule has 1 unspecified atom stereocenters. The van der Waals surface area contributed by atoms with Crippen molar-refractivity contribution < 1.29 is 4.79 Å². The number of amides is 1. The Morgan fingerprint density at radius 2 is 2.00 bits per heavy atom. The third kappa shape index (κ3) is 4.71. The van der Waals surface area contributed by atoms with Gasteiger partial charge in [-0.2, -0.15) is 5.10 Å². The summed E-state index contributed by atoms with van der Waals surface area (Å²) >= 11 is 6.31. The van der Waals surface area contributed by atoms with E-state index in [0.29, 0.717) is 10.8 Å². The van der Waals surface area contributed by atoms with Crippen molar-refractivity contribution in [1.82, 2.24) is 25.0 Å². The first-order chi connectivity index (χ1) is 14.5. The van der Waals surface area contributed by atoms with E-state index in [4.69, 9.17) is 11.6 Å². The van der Waals surface area contributed by atoms with Crippen LogP contribution >= 0.6 is 11.6 Å². The Kier molecular flexibility index (Phi) is 6.16. The number of hydrogen-bond acceptors (Lipinski definition) is 4. The van der Waals surface area contributed by atoms with Crippen molar-refractivity contribution >= 4 is 17.5 Å². The van der Waals surface area contributed by atoms with Gasteiger partial charge < -0.3 is 5.32 Å². The Labute approximate surface area is 181 Å². The SMILES string of the molecule is Cc1cc(C)n(-c2ccc(Cl)c(C(=O)NC3CCCN(Cc4ccccc4)C3)n2)n1. The van der Waals surface area contributed by atoms with Gasteiger partial charge in [0, 0.05) is 24.8 Å². The second-order valence-corrected chi connectivity index (χ2v) is 8.28. The van der Waals surface area contributed by atoms with Gasteiger partial charge in [-0.05, 0) is 57.0 Å². The van der Waals surface area contributed by atoms with Gasteiger partial charge in [0.2, 0.25) is 0 Å². The highest BCUT2D eigenvalue weighted by Crippen LogP contribution is 2.19. The largest absolute Gasteiger partial charge is 0.347 e. The maximum Gasteiger partial charge on any atom is 0.271 e. The third-order valence-electron chi connectivity index (χ3n) is 5.36. The number of benzene rings is 1. The highest BCUT2D eigenvalue weighted by Gasteiger charge is 2.24. The van der Waals surface area contributed by atoms with Gasteiger partial charge in [-0.3, -0.25) is 9.69 Å². The Hall–Kier alpha value is -2.70. The number of aryl methyl sites for hydroxylation is 2. The van der Waals surface area contributed by atoms with E-state index >= 15 is 0 Å². The van der Waals surface area contributed by atoms with Crippen LogP contribution in [0.25, 0.3) is 5.82 Å². The first kappa shape index (κ1) is 20.6. The molecule has 4 rings (SSSR count).